The second-order valence-corrected chi connectivity index (χ2v) is 3.66. The van der Waals surface area contributed by atoms with E-state index in [0.29, 0.717) is 13.0 Å². The van der Waals surface area contributed by atoms with Gasteiger partial charge in [-0.25, -0.2) is 0 Å². The molecular formula is C12H15NO2. The summed E-state index contributed by atoms with van der Waals surface area (Å²) in [7, 11) is 0. The molecule has 0 saturated heterocycles. The molecule has 15 heavy (non-hydrogen) atoms. The molecule has 1 N–H and O–H groups in total. The van der Waals surface area contributed by atoms with Crippen LogP contribution in [0.5, 0.6) is 0 Å². The van der Waals surface area contributed by atoms with E-state index in [1.807, 2.05) is 24.4 Å². The average Bonchev–Trinajstić information content (AvgIpc) is 2.81. The molecule has 0 saturated carbocycles. The van der Waals surface area contributed by atoms with Crippen LogP contribution in [-0.4, -0.2) is 22.8 Å². The molecule has 3 heteroatoms. The molecule has 1 aliphatic heterocycles. The molecule has 2 heterocycles. The summed E-state index contributed by atoms with van der Waals surface area (Å²) >= 11 is 0. The van der Waals surface area contributed by atoms with E-state index in [9.17, 15) is 5.11 Å². The van der Waals surface area contributed by atoms with Crippen molar-refractivity contribution in [3.8, 4) is 0 Å². The molecular weight excluding hydrogens is 190 g/mol. The van der Waals surface area contributed by atoms with E-state index < -0.39 is 6.10 Å². The van der Waals surface area contributed by atoms with E-state index in [0.717, 1.165) is 24.2 Å². The van der Waals surface area contributed by atoms with Crippen molar-refractivity contribution < 1.29 is 9.84 Å². The van der Waals surface area contributed by atoms with Gasteiger partial charge in [-0.15, -0.1) is 0 Å². The van der Waals surface area contributed by atoms with E-state index in [-0.39, 0.29) is 0 Å². The Labute approximate surface area is 89.4 Å². The standard InChI is InChI=1S/C12H15NO2/c14-11(12-4-2-8-15-12)6-5-10-3-1-7-13-9-10/h1,3-4,7,9,11,14H,2,5-6,8H2. The summed E-state index contributed by atoms with van der Waals surface area (Å²) in [6, 6.07) is 3.93. The van der Waals surface area contributed by atoms with Crippen LogP contribution in [0.1, 0.15) is 18.4 Å². The summed E-state index contributed by atoms with van der Waals surface area (Å²) in [4.78, 5) is 4.03. The van der Waals surface area contributed by atoms with Gasteiger partial charge in [-0.3, -0.25) is 4.98 Å². The monoisotopic (exact) mass is 205 g/mol. The van der Waals surface area contributed by atoms with E-state index in [2.05, 4.69) is 4.98 Å². The highest BCUT2D eigenvalue weighted by Gasteiger charge is 2.15. The normalized spacial score (nSPS) is 17.0. The fourth-order valence-electron chi connectivity index (χ4n) is 1.66. The largest absolute Gasteiger partial charge is 0.495 e. The lowest BCUT2D eigenvalue weighted by Gasteiger charge is -2.11. The van der Waals surface area contributed by atoms with Crippen LogP contribution in [0.4, 0.5) is 0 Å². The highest BCUT2D eigenvalue weighted by molar-refractivity contribution is 5.10. The van der Waals surface area contributed by atoms with Gasteiger partial charge in [0.2, 0.25) is 0 Å². The molecule has 2 rings (SSSR count). The van der Waals surface area contributed by atoms with Gasteiger partial charge in [-0.2, -0.15) is 0 Å². The minimum absolute atomic E-state index is 0.465. The lowest BCUT2D eigenvalue weighted by molar-refractivity contribution is 0.112. The van der Waals surface area contributed by atoms with Gasteiger partial charge in [-0.1, -0.05) is 6.07 Å². The van der Waals surface area contributed by atoms with E-state index >= 15 is 0 Å². The molecule has 0 amide bonds. The highest BCUT2D eigenvalue weighted by atomic mass is 16.5. The number of rotatable bonds is 4. The molecule has 1 aliphatic rings. The number of aliphatic hydroxyl groups excluding tert-OH is 1. The van der Waals surface area contributed by atoms with Crippen LogP contribution in [0.15, 0.2) is 36.4 Å². The third kappa shape index (κ3) is 2.80. The second-order valence-electron chi connectivity index (χ2n) is 3.66. The quantitative estimate of drug-likeness (QED) is 0.813. The number of aromatic nitrogens is 1. The van der Waals surface area contributed by atoms with Gasteiger partial charge in [-0.05, 0) is 30.5 Å². The van der Waals surface area contributed by atoms with Crippen molar-refractivity contribution in [3.63, 3.8) is 0 Å². The van der Waals surface area contributed by atoms with Crippen LogP contribution >= 0.6 is 0 Å². The minimum Gasteiger partial charge on any atom is -0.495 e. The maximum atomic E-state index is 9.80. The topological polar surface area (TPSA) is 42.4 Å². The first-order chi connectivity index (χ1) is 7.36. The number of hydrogen-bond acceptors (Lipinski definition) is 3. The predicted octanol–water partition coefficient (Wildman–Crippen LogP) is 1.68. The van der Waals surface area contributed by atoms with Crippen LogP contribution in [0.3, 0.4) is 0 Å². The van der Waals surface area contributed by atoms with Crippen LogP contribution in [0.25, 0.3) is 0 Å². The fraction of sp³-hybridized carbons (Fsp3) is 0.417. The Kier molecular flexibility index (Phi) is 3.35. The second kappa shape index (κ2) is 4.94. The summed E-state index contributed by atoms with van der Waals surface area (Å²) in [5.41, 5.74) is 1.15. The van der Waals surface area contributed by atoms with E-state index in [1.165, 1.54) is 0 Å². The van der Waals surface area contributed by atoms with Crippen LogP contribution < -0.4 is 0 Å². The summed E-state index contributed by atoms with van der Waals surface area (Å²) in [5, 5.41) is 9.80. The molecule has 0 bridgehead atoms. The molecule has 1 atom stereocenters. The van der Waals surface area contributed by atoms with Gasteiger partial charge in [0.15, 0.2) is 0 Å². The number of ether oxygens (including phenoxy) is 1. The van der Waals surface area contributed by atoms with Crippen molar-refractivity contribution in [3.05, 3.63) is 41.9 Å². The first-order valence-electron chi connectivity index (χ1n) is 5.26. The number of aryl methyl sites for hydroxylation is 1. The molecule has 3 nitrogen and oxygen atoms in total. The van der Waals surface area contributed by atoms with Gasteiger partial charge < -0.3 is 9.84 Å². The zero-order valence-corrected chi connectivity index (χ0v) is 8.60. The van der Waals surface area contributed by atoms with Crippen molar-refractivity contribution in [1.82, 2.24) is 4.98 Å². The van der Waals surface area contributed by atoms with Crippen molar-refractivity contribution in [1.29, 1.82) is 0 Å². The van der Waals surface area contributed by atoms with Crippen molar-refractivity contribution in [2.75, 3.05) is 6.61 Å². The summed E-state index contributed by atoms with van der Waals surface area (Å²) in [6.45, 7) is 0.708. The molecule has 0 aliphatic carbocycles. The zero-order chi connectivity index (χ0) is 10.5. The summed E-state index contributed by atoms with van der Waals surface area (Å²) < 4.78 is 5.30. The summed E-state index contributed by atoms with van der Waals surface area (Å²) in [6.07, 6.45) is 7.52. The maximum Gasteiger partial charge on any atom is 0.121 e. The third-order valence-corrected chi connectivity index (χ3v) is 2.49. The zero-order valence-electron chi connectivity index (χ0n) is 8.60. The molecule has 1 unspecified atom stereocenters. The smallest absolute Gasteiger partial charge is 0.121 e. The van der Waals surface area contributed by atoms with Gasteiger partial charge in [0, 0.05) is 18.8 Å². The SMILES string of the molecule is OC(CCc1cccnc1)C1=CCCO1. The lowest BCUT2D eigenvalue weighted by atomic mass is 10.1. The van der Waals surface area contributed by atoms with Crippen LogP contribution in [0, 0.1) is 0 Å². The Morgan fingerprint density at radius 1 is 1.53 bits per heavy atom. The number of nitrogens with zero attached hydrogens (tertiary/aromatic N) is 1. The van der Waals surface area contributed by atoms with Gasteiger partial charge in [0.05, 0.1) is 6.61 Å². The Bertz CT molecular complexity index is 335. The fourth-order valence-corrected chi connectivity index (χ4v) is 1.66. The Balaban J connectivity index is 1.83. The minimum atomic E-state index is -0.465. The third-order valence-electron chi connectivity index (χ3n) is 2.49. The molecule has 0 fully saturated rings. The van der Waals surface area contributed by atoms with E-state index in [1.54, 1.807) is 6.20 Å². The average molecular weight is 205 g/mol. The highest BCUT2D eigenvalue weighted by Crippen LogP contribution is 2.17. The van der Waals surface area contributed by atoms with Crippen molar-refractivity contribution >= 4 is 0 Å². The van der Waals surface area contributed by atoms with Gasteiger partial charge in [0.25, 0.3) is 0 Å². The molecule has 80 valence electrons. The van der Waals surface area contributed by atoms with E-state index in [4.69, 9.17) is 4.74 Å². The first-order valence-corrected chi connectivity index (χ1v) is 5.26. The molecule has 1 aromatic heterocycles. The Morgan fingerprint density at radius 2 is 2.47 bits per heavy atom. The van der Waals surface area contributed by atoms with Crippen LogP contribution in [0.2, 0.25) is 0 Å². The molecule has 0 aromatic carbocycles. The number of pyridine rings is 1. The van der Waals surface area contributed by atoms with Gasteiger partial charge >= 0.3 is 0 Å². The van der Waals surface area contributed by atoms with Gasteiger partial charge in [0.1, 0.15) is 11.9 Å². The maximum absolute atomic E-state index is 9.80. The molecule has 0 radical (unpaired) electrons. The lowest BCUT2D eigenvalue weighted by Crippen LogP contribution is -2.11. The molecule has 0 spiro atoms. The van der Waals surface area contributed by atoms with Crippen LogP contribution in [-0.2, 0) is 11.2 Å². The predicted molar refractivity (Wildman–Crippen MR) is 57.2 cm³/mol. The Hall–Kier alpha value is -1.35. The number of aliphatic hydroxyl groups is 1. The molecule has 1 aromatic rings. The Morgan fingerprint density at radius 3 is 3.13 bits per heavy atom. The van der Waals surface area contributed by atoms with Crippen molar-refractivity contribution in [2.45, 2.75) is 25.4 Å². The van der Waals surface area contributed by atoms with Crippen molar-refractivity contribution in [2.24, 2.45) is 0 Å². The summed E-state index contributed by atoms with van der Waals surface area (Å²) in [5.74, 6) is 0.735. The number of hydrogen-bond donors (Lipinski definition) is 1. The first kappa shape index (κ1) is 10.2.